The van der Waals surface area contributed by atoms with Gasteiger partial charge in [-0.1, -0.05) is 116 Å². The van der Waals surface area contributed by atoms with Gasteiger partial charge in [-0.3, -0.25) is 0 Å². The van der Waals surface area contributed by atoms with E-state index in [0.717, 1.165) is 39.7 Å². The number of nitrogens with zero attached hydrogens (tertiary/aromatic N) is 5. The molecule has 6 rings (SSSR count). The number of benzene rings is 2. The summed E-state index contributed by atoms with van der Waals surface area (Å²) in [4.78, 5) is 15.4. The Labute approximate surface area is 273 Å². The van der Waals surface area contributed by atoms with Crippen LogP contribution >= 0.6 is 0 Å². The number of nitrogens with two attached hydrogens (primary N) is 1. The second kappa shape index (κ2) is 11.2. The molecule has 0 saturated carbocycles. The fraction of sp³-hybridized carbons (Fsp3) is 0.300. The van der Waals surface area contributed by atoms with Gasteiger partial charge in [0, 0.05) is 34.4 Å². The molecule has 0 radical (unpaired) electrons. The number of hydrogen-bond acceptors (Lipinski definition) is 5. The van der Waals surface area contributed by atoms with Crippen LogP contribution in [0.4, 0.5) is 5.82 Å². The maximum absolute atomic E-state index is 6.31. The molecule has 1 aliphatic carbocycles. The summed E-state index contributed by atoms with van der Waals surface area (Å²) in [6.45, 7) is 17.4. The summed E-state index contributed by atoms with van der Waals surface area (Å²) < 4.78 is 1.88. The Kier molecular flexibility index (Phi) is 7.58. The van der Waals surface area contributed by atoms with Crippen LogP contribution in [0.2, 0.25) is 0 Å². The quantitative estimate of drug-likeness (QED) is 0.203. The zero-order valence-corrected chi connectivity index (χ0v) is 28.2. The van der Waals surface area contributed by atoms with Gasteiger partial charge in [-0.25, -0.2) is 19.6 Å². The van der Waals surface area contributed by atoms with Gasteiger partial charge in [0.15, 0.2) is 11.6 Å². The highest BCUT2D eigenvalue weighted by Crippen LogP contribution is 2.55. The molecular weight excluding hydrogens is 564 g/mol. The SMILES string of the molecule is CC(C)(C)C(N)=CC=Nc1cccc(C2(c3cccc(-n4ccc(C(C)(C)C)n4)n3)c3ccccc3C(C)(C)c3ccccc32)n1. The van der Waals surface area contributed by atoms with Crippen molar-refractivity contribution >= 4 is 12.0 Å². The van der Waals surface area contributed by atoms with E-state index < -0.39 is 5.41 Å². The number of pyridine rings is 2. The highest BCUT2D eigenvalue weighted by atomic mass is 15.3. The zero-order valence-electron chi connectivity index (χ0n) is 28.2. The summed E-state index contributed by atoms with van der Waals surface area (Å²) in [5, 5.41) is 4.93. The lowest BCUT2D eigenvalue weighted by Crippen LogP contribution is -2.43. The van der Waals surface area contributed by atoms with Crippen LogP contribution in [0.3, 0.4) is 0 Å². The van der Waals surface area contributed by atoms with Crippen LogP contribution in [0.5, 0.6) is 0 Å². The summed E-state index contributed by atoms with van der Waals surface area (Å²) in [6.07, 6.45) is 5.60. The second-order valence-electron chi connectivity index (χ2n) is 14.8. The summed E-state index contributed by atoms with van der Waals surface area (Å²) in [7, 11) is 0. The molecule has 1 aliphatic rings. The standard InChI is InChI=1S/C40H44N6/c1-37(2,3)31(41)23-25-42-35-21-13-19-33(43-35)40(34-20-14-22-36(44-34)46-26-24-32(45-46)38(4,5)6)29-17-11-9-15-27(29)39(7,8)28-16-10-12-18-30(28)40/h9-26H,41H2,1-8H3. The first-order valence-electron chi connectivity index (χ1n) is 16.0. The van der Waals surface area contributed by atoms with E-state index in [9.17, 15) is 0 Å². The van der Waals surface area contributed by atoms with E-state index >= 15 is 0 Å². The largest absolute Gasteiger partial charge is 0.402 e. The Bertz CT molecular complexity index is 1910. The fourth-order valence-corrected chi connectivity index (χ4v) is 6.44. The third-order valence-electron chi connectivity index (χ3n) is 9.17. The van der Waals surface area contributed by atoms with Gasteiger partial charge in [0.25, 0.3) is 0 Å². The maximum atomic E-state index is 6.31. The molecule has 234 valence electrons. The minimum atomic E-state index is -0.815. The van der Waals surface area contributed by atoms with Crippen molar-refractivity contribution in [3.8, 4) is 5.82 Å². The summed E-state index contributed by atoms with van der Waals surface area (Å²) in [6, 6.07) is 31.8. The van der Waals surface area contributed by atoms with Crippen LogP contribution in [0, 0.1) is 5.41 Å². The molecule has 46 heavy (non-hydrogen) atoms. The molecular formula is C40H44N6. The fourth-order valence-electron chi connectivity index (χ4n) is 6.44. The molecule has 3 heterocycles. The van der Waals surface area contributed by atoms with Crippen molar-refractivity contribution < 1.29 is 0 Å². The number of aliphatic imine (C=N–C) groups is 1. The molecule has 0 bridgehead atoms. The normalized spacial score (nSPS) is 15.9. The first kappa shape index (κ1) is 31.2. The minimum Gasteiger partial charge on any atom is -0.402 e. The highest BCUT2D eigenvalue weighted by molar-refractivity contribution is 5.75. The van der Waals surface area contributed by atoms with Gasteiger partial charge in [-0.2, -0.15) is 5.10 Å². The van der Waals surface area contributed by atoms with E-state index in [1.807, 2.05) is 35.2 Å². The molecule has 0 atom stereocenters. The Morgan fingerprint density at radius 3 is 1.85 bits per heavy atom. The molecule has 6 heteroatoms. The lowest BCUT2D eigenvalue weighted by molar-refractivity contribution is 0.498. The Balaban J connectivity index is 1.63. The van der Waals surface area contributed by atoms with Gasteiger partial charge in [0.05, 0.1) is 17.1 Å². The Morgan fingerprint density at radius 2 is 1.28 bits per heavy atom. The van der Waals surface area contributed by atoms with E-state index in [2.05, 4.69) is 128 Å². The second-order valence-corrected chi connectivity index (χ2v) is 14.8. The summed E-state index contributed by atoms with van der Waals surface area (Å²) in [5.74, 6) is 1.36. The maximum Gasteiger partial charge on any atom is 0.153 e. The van der Waals surface area contributed by atoms with Crippen molar-refractivity contribution in [1.29, 1.82) is 0 Å². The minimum absolute atomic E-state index is 0.0749. The number of rotatable bonds is 5. The first-order valence-corrected chi connectivity index (χ1v) is 16.0. The van der Waals surface area contributed by atoms with Crippen molar-refractivity contribution in [1.82, 2.24) is 19.7 Å². The third kappa shape index (κ3) is 5.26. The van der Waals surface area contributed by atoms with Crippen molar-refractivity contribution in [3.05, 3.63) is 148 Å². The number of allylic oxidation sites excluding steroid dienone is 2. The van der Waals surface area contributed by atoms with Gasteiger partial charge in [-0.15, -0.1) is 0 Å². The van der Waals surface area contributed by atoms with Crippen LogP contribution < -0.4 is 5.73 Å². The molecule has 2 N–H and O–H groups in total. The topological polar surface area (TPSA) is 82.0 Å². The molecule has 0 spiro atoms. The lowest BCUT2D eigenvalue weighted by Gasteiger charge is -2.46. The molecule has 2 aromatic carbocycles. The van der Waals surface area contributed by atoms with E-state index in [1.165, 1.54) is 11.1 Å². The Morgan fingerprint density at radius 1 is 0.717 bits per heavy atom. The predicted octanol–water partition coefficient (Wildman–Crippen LogP) is 8.57. The van der Waals surface area contributed by atoms with Gasteiger partial charge in [0.1, 0.15) is 5.41 Å². The lowest BCUT2D eigenvalue weighted by atomic mass is 9.56. The van der Waals surface area contributed by atoms with Crippen LogP contribution in [0.1, 0.15) is 94.7 Å². The highest BCUT2D eigenvalue weighted by Gasteiger charge is 2.50. The Hall–Kier alpha value is -4.84. The monoisotopic (exact) mass is 608 g/mol. The van der Waals surface area contributed by atoms with Crippen LogP contribution in [-0.4, -0.2) is 26.0 Å². The molecule has 3 aromatic heterocycles. The number of fused-ring (bicyclic) bond motifs is 2. The average molecular weight is 609 g/mol. The third-order valence-corrected chi connectivity index (χ3v) is 9.17. The van der Waals surface area contributed by atoms with Crippen molar-refractivity contribution in [2.75, 3.05) is 0 Å². The first-order chi connectivity index (χ1) is 21.7. The van der Waals surface area contributed by atoms with Gasteiger partial charge < -0.3 is 5.73 Å². The molecule has 6 nitrogen and oxygen atoms in total. The van der Waals surface area contributed by atoms with Crippen molar-refractivity contribution in [2.24, 2.45) is 16.1 Å². The number of hydrogen-bond donors (Lipinski definition) is 1. The summed E-state index contributed by atoms with van der Waals surface area (Å²) >= 11 is 0. The molecule has 0 saturated heterocycles. The van der Waals surface area contributed by atoms with E-state index in [4.69, 9.17) is 25.8 Å². The van der Waals surface area contributed by atoms with E-state index in [1.54, 1.807) is 6.21 Å². The van der Waals surface area contributed by atoms with E-state index in [0.29, 0.717) is 5.82 Å². The molecule has 0 unspecified atom stereocenters. The van der Waals surface area contributed by atoms with E-state index in [-0.39, 0.29) is 16.2 Å². The van der Waals surface area contributed by atoms with Gasteiger partial charge >= 0.3 is 0 Å². The van der Waals surface area contributed by atoms with Crippen molar-refractivity contribution in [3.63, 3.8) is 0 Å². The molecule has 5 aromatic rings. The van der Waals surface area contributed by atoms with Gasteiger partial charge in [0.2, 0.25) is 0 Å². The zero-order chi connectivity index (χ0) is 32.9. The smallest absolute Gasteiger partial charge is 0.153 e. The van der Waals surface area contributed by atoms with Gasteiger partial charge in [-0.05, 0) is 58.7 Å². The molecule has 0 amide bonds. The van der Waals surface area contributed by atoms with Crippen LogP contribution in [-0.2, 0) is 16.2 Å². The van der Waals surface area contributed by atoms with Crippen molar-refractivity contribution in [2.45, 2.75) is 71.6 Å². The summed E-state index contributed by atoms with van der Waals surface area (Å²) in [5.41, 5.74) is 13.3. The van der Waals surface area contributed by atoms with Crippen LogP contribution in [0.15, 0.2) is 114 Å². The van der Waals surface area contributed by atoms with Crippen LogP contribution in [0.25, 0.3) is 5.82 Å². The predicted molar refractivity (Wildman–Crippen MR) is 188 cm³/mol. The molecule has 0 aliphatic heterocycles. The number of aromatic nitrogens is 4. The average Bonchev–Trinajstić information content (AvgIpc) is 3.53. The molecule has 0 fully saturated rings.